The van der Waals surface area contributed by atoms with Gasteiger partial charge in [-0.15, -0.1) is 0 Å². The predicted octanol–water partition coefficient (Wildman–Crippen LogP) is 2.86. The van der Waals surface area contributed by atoms with Gasteiger partial charge >= 0.3 is 0 Å². The van der Waals surface area contributed by atoms with Crippen molar-refractivity contribution in [2.24, 2.45) is 4.99 Å². The van der Waals surface area contributed by atoms with Crippen LogP contribution in [0, 0.1) is 0 Å². The SMILES string of the molecule is c1ccc(C2CN=C(SCN3CCCCC3)N2)cc1. The first-order valence-electron chi connectivity index (χ1n) is 7.13. The number of benzene rings is 1. The van der Waals surface area contributed by atoms with Crippen LogP contribution in [0.4, 0.5) is 0 Å². The van der Waals surface area contributed by atoms with Crippen LogP contribution >= 0.6 is 11.8 Å². The summed E-state index contributed by atoms with van der Waals surface area (Å²) in [7, 11) is 0. The highest BCUT2D eigenvalue weighted by atomic mass is 32.2. The van der Waals surface area contributed by atoms with Gasteiger partial charge in [-0.1, -0.05) is 48.5 Å². The van der Waals surface area contributed by atoms with Gasteiger partial charge in [0.25, 0.3) is 0 Å². The highest BCUT2D eigenvalue weighted by Crippen LogP contribution is 2.21. The minimum absolute atomic E-state index is 0.366. The maximum atomic E-state index is 4.62. The number of nitrogens with zero attached hydrogens (tertiary/aromatic N) is 2. The Bertz CT molecular complexity index is 426. The third-order valence-corrected chi connectivity index (χ3v) is 4.76. The quantitative estimate of drug-likeness (QED) is 0.919. The highest BCUT2D eigenvalue weighted by Gasteiger charge is 2.20. The Morgan fingerprint density at radius 2 is 1.95 bits per heavy atom. The average molecular weight is 275 g/mol. The minimum Gasteiger partial charge on any atom is -0.356 e. The largest absolute Gasteiger partial charge is 0.356 e. The van der Waals surface area contributed by atoms with E-state index in [0.717, 1.165) is 17.6 Å². The van der Waals surface area contributed by atoms with Crippen molar-refractivity contribution in [1.82, 2.24) is 10.2 Å². The van der Waals surface area contributed by atoms with E-state index in [0.29, 0.717) is 6.04 Å². The molecule has 2 heterocycles. The molecule has 0 saturated carbocycles. The van der Waals surface area contributed by atoms with Gasteiger partial charge in [-0.2, -0.15) is 0 Å². The molecule has 3 nitrogen and oxygen atoms in total. The second-order valence-corrected chi connectivity index (χ2v) is 6.14. The lowest BCUT2D eigenvalue weighted by Crippen LogP contribution is -2.31. The summed E-state index contributed by atoms with van der Waals surface area (Å²) in [4.78, 5) is 7.16. The molecule has 3 rings (SSSR count). The second-order valence-electron chi connectivity index (χ2n) is 5.21. The molecule has 19 heavy (non-hydrogen) atoms. The summed E-state index contributed by atoms with van der Waals surface area (Å²) >= 11 is 1.85. The van der Waals surface area contributed by atoms with E-state index in [9.17, 15) is 0 Å². The Morgan fingerprint density at radius 3 is 2.74 bits per heavy atom. The summed E-state index contributed by atoms with van der Waals surface area (Å²) in [5.41, 5.74) is 1.33. The Balaban J connectivity index is 1.46. The molecule has 1 aromatic rings. The zero-order valence-corrected chi connectivity index (χ0v) is 12.0. The molecular weight excluding hydrogens is 254 g/mol. The summed E-state index contributed by atoms with van der Waals surface area (Å²) in [6, 6.07) is 11.0. The van der Waals surface area contributed by atoms with Gasteiger partial charge in [0.2, 0.25) is 0 Å². The molecule has 1 saturated heterocycles. The number of likely N-dealkylation sites (tertiary alicyclic amines) is 1. The molecule has 0 amide bonds. The van der Waals surface area contributed by atoms with Crippen molar-refractivity contribution >= 4 is 16.9 Å². The van der Waals surface area contributed by atoms with E-state index >= 15 is 0 Å². The molecule has 0 radical (unpaired) electrons. The van der Waals surface area contributed by atoms with Gasteiger partial charge in [0, 0.05) is 0 Å². The minimum atomic E-state index is 0.366. The average Bonchev–Trinajstić information content (AvgIpc) is 2.96. The standard InChI is InChI=1S/C15H21N3S/c1-3-7-13(8-4-1)14-11-16-15(17-14)19-12-18-9-5-2-6-10-18/h1,3-4,7-8,14H,2,5-6,9-12H2,(H,16,17). The van der Waals surface area contributed by atoms with Crippen molar-refractivity contribution in [3.8, 4) is 0 Å². The zero-order valence-electron chi connectivity index (χ0n) is 11.2. The van der Waals surface area contributed by atoms with E-state index in [1.807, 2.05) is 11.8 Å². The number of amidine groups is 1. The summed E-state index contributed by atoms with van der Waals surface area (Å²) in [6.45, 7) is 3.37. The van der Waals surface area contributed by atoms with E-state index in [4.69, 9.17) is 0 Å². The third kappa shape index (κ3) is 3.51. The van der Waals surface area contributed by atoms with Gasteiger partial charge in [0.05, 0.1) is 18.5 Å². The Kier molecular flexibility index (Phi) is 4.41. The molecule has 102 valence electrons. The molecule has 1 N–H and O–H groups in total. The highest BCUT2D eigenvalue weighted by molar-refractivity contribution is 8.13. The van der Waals surface area contributed by atoms with Crippen molar-refractivity contribution in [2.75, 3.05) is 25.5 Å². The molecule has 2 aliphatic rings. The molecule has 2 aliphatic heterocycles. The molecule has 4 heteroatoms. The Hall–Kier alpha value is -1.00. The maximum Gasteiger partial charge on any atom is 0.158 e. The molecular formula is C15H21N3S. The lowest BCUT2D eigenvalue weighted by Gasteiger charge is -2.25. The van der Waals surface area contributed by atoms with Crippen molar-refractivity contribution < 1.29 is 0 Å². The molecule has 1 fully saturated rings. The second kappa shape index (κ2) is 6.44. The van der Waals surface area contributed by atoms with E-state index in [1.54, 1.807) is 0 Å². The molecule has 1 aromatic carbocycles. The van der Waals surface area contributed by atoms with Gasteiger partial charge < -0.3 is 5.32 Å². The van der Waals surface area contributed by atoms with Gasteiger partial charge in [-0.25, -0.2) is 0 Å². The fourth-order valence-electron chi connectivity index (χ4n) is 2.62. The predicted molar refractivity (Wildman–Crippen MR) is 82.5 cm³/mol. The Morgan fingerprint density at radius 1 is 1.16 bits per heavy atom. The van der Waals surface area contributed by atoms with Crippen LogP contribution in [0.1, 0.15) is 30.9 Å². The Labute approximate surface area is 119 Å². The first-order chi connectivity index (χ1) is 9.42. The van der Waals surface area contributed by atoms with Gasteiger partial charge in [-0.3, -0.25) is 9.89 Å². The van der Waals surface area contributed by atoms with Crippen molar-refractivity contribution in [3.05, 3.63) is 35.9 Å². The first-order valence-corrected chi connectivity index (χ1v) is 8.11. The van der Waals surface area contributed by atoms with Crippen LogP contribution in [0.5, 0.6) is 0 Å². The normalized spacial score (nSPS) is 24.0. The number of nitrogens with one attached hydrogen (secondary N) is 1. The number of piperidine rings is 1. The number of hydrogen-bond donors (Lipinski definition) is 1. The first kappa shape index (κ1) is 13.0. The number of aliphatic imine (C=N–C) groups is 1. The summed E-state index contributed by atoms with van der Waals surface area (Å²) < 4.78 is 0. The van der Waals surface area contributed by atoms with E-state index in [2.05, 4.69) is 45.5 Å². The molecule has 0 aromatic heterocycles. The van der Waals surface area contributed by atoms with E-state index < -0.39 is 0 Å². The fraction of sp³-hybridized carbons (Fsp3) is 0.533. The van der Waals surface area contributed by atoms with Crippen LogP contribution in [-0.2, 0) is 0 Å². The summed E-state index contributed by atoms with van der Waals surface area (Å²) in [5, 5.41) is 4.64. The van der Waals surface area contributed by atoms with Crippen LogP contribution in [0.3, 0.4) is 0 Å². The van der Waals surface area contributed by atoms with Gasteiger partial charge in [0.15, 0.2) is 5.17 Å². The third-order valence-electron chi connectivity index (χ3n) is 3.75. The topological polar surface area (TPSA) is 27.6 Å². The number of rotatable bonds is 3. The monoisotopic (exact) mass is 275 g/mol. The number of hydrogen-bond acceptors (Lipinski definition) is 4. The van der Waals surface area contributed by atoms with Gasteiger partial charge in [0.1, 0.15) is 0 Å². The molecule has 0 aliphatic carbocycles. The van der Waals surface area contributed by atoms with Crippen LogP contribution < -0.4 is 5.32 Å². The lowest BCUT2D eigenvalue weighted by molar-refractivity contribution is 0.267. The summed E-state index contributed by atoms with van der Waals surface area (Å²) in [5.74, 6) is 1.08. The van der Waals surface area contributed by atoms with Crippen LogP contribution in [0.2, 0.25) is 0 Å². The van der Waals surface area contributed by atoms with E-state index in [-0.39, 0.29) is 0 Å². The molecule has 0 bridgehead atoms. The van der Waals surface area contributed by atoms with Crippen LogP contribution in [0.25, 0.3) is 0 Å². The molecule has 1 atom stereocenters. The summed E-state index contributed by atoms with van der Waals surface area (Å²) in [6.07, 6.45) is 4.11. The number of thioether (sulfide) groups is 1. The van der Waals surface area contributed by atoms with Crippen LogP contribution in [0.15, 0.2) is 35.3 Å². The van der Waals surface area contributed by atoms with Crippen molar-refractivity contribution in [3.63, 3.8) is 0 Å². The lowest BCUT2D eigenvalue weighted by atomic mass is 10.1. The van der Waals surface area contributed by atoms with Crippen molar-refractivity contribution in [2.45, 2.75) is 25.3 Å². The van der Waals surface area contributed by atoms with Crippen molar-refractivity contribution in [1.29, 1.82) is 0 Å². The maximum absolute atomic E-state index is 4.62. The molecule has 1 unspecified atom stereocenters. The van der Waals surface area contributed by atoms with E-state index in [1.165, 1.54) is 37.9 Å². The molecule has 0 spiro atoms. The fourth-order valence-corrected chi connectivity index (χ4v) is 3.57. The van der Waals surface area contributed by atoms with Crippen LogP contribution in [-0.4, -0.2) is 35.6 Å². The smallest absolute Gasteiger partial charge is 0.158 e. The van der Waals surface area contributed by atoms with Gasteiger partial charge in [-0.05, 0) is 31.5 Å². The zero-order chi connectivity index (χ0) is 12.9.